The van der Waals surface area contributed by atoms with Crippen LogP contribution < -0.4 is 0 Å². The number of thioether (sulfide) groups is 1. The van der Waals surface area contributed by atoms with Crippen LogP contribution in [0.25, 0.3) is 11.1 Å². The SMILES string of the molecule is Cc1[c]c(C)c(-c2c(F)cccc2F)c(SC(F)(F)C(F)(F)C(F)(F)F)c1. The van der Waals surface area contributed by atoms with Gasteiger partial charge in [-0.2, -0.15) is 30.7 Å². The van der Waals surface area contributed by atoms with E-state index < -0.39 is 56.8 Å². The van der Waals surface area contributed by atoms with Gasteiger partial charge in [0.2, 0.25) is 0 Å². The highest BCUT2D eigenvalue weighted by molar-refractivity contribution is 8.00. The topological polar surface area (TPSA) is 0 Å². The van der Waals surface area contributed by atoms with Crippen LogP contribution in [0.5, 0.6) is 0 Å². The first-order valence-electron chi connectivity index (χ1n) is 7.18. The third-order valence-corrected chi connectivity index (χ3v) is 4.58. The van der Waals surface area contributed by atoms with Crippen LogP contribution in [0, 0.1) is 31.5 Å². The summed E-state index contributed by atoms with van der Waals surface area (Å²) in [5.41, 5.74) is -1.37. The summed E-state index contributed by atoms with van der Waals surface area (Å²) in [7, 11) is 0. The van der Waals surface area contributed by atoms with Crippen molar-refractivity contribution in [2.24, 2.45) is 0 Å². The molecule has 1 radical (unpaired) electrons. The second kappa shape index (κ2) is 6.96. The van der Waals surface area contributed by atoms with Gasteiger partial charge < -0.3 is 0 Å². The van der Waals surface area contributed by atoms with Crippen LogP contribution in [0.2, 0.25) is 0 Å². The van der Waals surface area contributed by atoms with Crippen LogP contribution in [0.1, 0.15) is 11.1 Å². The number of alkyl halides is 7. The summed E-state index contributed by atoms with van der Waals surface area (Å²) in [6.45, 7) is 2.54. The van der Waals surface area contributed by atoms with Gasteiger partial charge >= 0.3 is 17.4 Å². The van der Waals surface area contributed by atoms with Crippen molar-refractivity contribution in [1.82, 2.24) is 0 Å². The average molecular weight is 417 g/mol. The van der Waals surface area contributed by atoms with Crippen LogP contribution in [0.3, 0.4) is 0 Å². The van der Waals surface area contributed by atoms with Crippen LogP contribution in [-0.4, -0.2) is 17.4 Å². The first kappa shape index (κ1) is 21.5. The molecular weight excluding hydrogens is 407 g/mol. The summed E-state index contributed by atoms with van der Waals surface area (Å²) in [4.78, 5) is -0.832. The largest absolute Gasteiger partial charge is 0.460 e. The van der Waals surface area contributed by atoms with Gasteiger partial charge in [0.15, 0.2) is 0 Å². The number of benzene rings is 2. The smallest absolute Gasteiger partial charge is 0.206 e. The van der Waals surface area contributed by atoms with Gasteiger partial charge in [-0.1, -0.05) is 6.07 Å². The maximum absolute atomic E-state index is 14.1. The van der Waals surface area contributed by atoms with Crippen molar-refractivity contribution in [3.05, 3.63) is 53.1 Å². The number of hydrogen-bond acceptors (Lipinski definition) is 1. The zero-order valence-electron chi connectivity index (χ0n) is 13.6. The Kier molecular flexibility index (Phi) is 5.53. The minimum absolute atomic E-state index is 0.0902. The second-order valence-corrected chi connectivity index (χ2v) is 6.76. The third kappa shape index (κ3) is 3.90. The lowest BCUT2D eigenvalue weighted by Gasteiger charge is -2.28. The average Bonchev–Trinajstić information content (AvgIpc) is 2.47. The van der Waals surface area contributed by atoms with Crippen molar-refractivity contribution in [2.45, 2.75) is 36.1 Å². The molecule has 0 atom stereocenters. The molecule has 0 unspecified atom stereocenters. The molecule has 2 aromatic rings. The van der Waals surface area contributed by atoms with E-state index in [4.69, 9.17) is 0 Å². The van der Waals surface area contributed by atoms with Crippen LogP contribution in [-0.2, 0) is 0 Å². The zero-order valence-corrected chi connectivity index (χ0v) is 14.4. The lowest BCUT2D eigenvalue weighted by atomic mass is 9.97. The normalized spacial score (nSPS) is 13.1. The van der Waals surface area contributed by atoms with Crippen molar-refractivity contribution < 1.29 is 39.5 Å². The summed E-state index contributed by atoms with van der Waals surface area (Å²) in [5.74, 6) is -8.75. The van der Waals surface area contributed by atoms with Gasteiger partial charge in [-0.25, -0.2) is 8.78 Å². The van der Waals surface area contributed by atoms with Crippen LogP contribution in [0.4, 0.5) is 39.5 Å². The van der Waals surface area contributed by atoms with Crippen LogP contribution in [0.15, 0.2) is 29.2 Å². The molecule has 0 saturated heterocycles. The zero-order chi connectivity index (χ0) is 20.8. The molecule has 0 bridgehead atoms. The van der Waals surface area contributed by atoms with E-state index in [1.54, 1.807) is 0 Å². The maximum Gasteiger partial charge on any atom is 0.460 e. The van der Waals surface area contributed by atoms with Gasteiger partial charge in [-0.3, -0.25) is 0 Å². The first-order valence-corrected chi connectivity index (χ1v) is 8.00. The lowest BCUT2D eigenvalue weighted by Crippen LogP contribution is -2.49. The van der Waals surface area contributed by atoms with Gasteiger partial charge in [0, 0.05) is 10.5 Å². The Balaban J connectivity index is 2.69. The molecule has 0 aliphatic rings. The first-order chi connectivity index (χ1) is 12.2. The van der Waals surface area contributed by atoms with Crippen molar-refractivity contribution in [3.8, 4) is 11.1 Å². The van der Waals surface area contributed by atoms with Gasteiger partial charge in [0.05, 0.1) is 5.56 Å². The number of hydrogen-bond donors (Lipinski definition) is 0. The maximum atomic E-state index is 14.1. The van der Waals surface area contributed by atoms with E-state index in [0.717, 1.165) is 24.3 Å². The molecule has 0 N–H and O–H groups in total. The molecule has 10 heteroatoms. The van der Waals surface area contributed by atoms with E-state index >= 15 is 0 Å². The fraction of sp³-hybridized carbons (Fsp3) is 0.294. The highest BCUT2D eigenvalue weighted by Gasteiger charge is 2.73. The fourth-order valence-corrected chi connectivity index (χ4v) is 3.46. The highest BCUT2D eigenvalue weighted by Crippen LogP contribution is 2.55. The minimum atomic E-state index is -6.52. The molecule has 0 aromatic heterocycles. The molecule has 0 aliphatic carbocycles. The molecule has 0 heterocycles. The minimum Gasteiger partial charge on any atom is -0.206 e. The monoisotopic (exact) mass is 417 g/mol. The van der Waals surface area contributed by atoms with E-state index in [1.165, 1.54) is 13.8 Å². The predicted octanol–water partition coefficient (Wildman–Crippen LogP) is 6.93. The van der Waals surface area contributed by atoms with E-state index in [9.17, 15) is 39.5 Å². The Morgan fingerprint density at radius 2 is 1.37 bits per heavy atom. The Morgan fingerprint density at radius 3 is 1.85 bits per heavy atom. The summed E-state index contributed by atoms with van der Waals surface area (Å²) in [6.07, 6.45) is -6.52. The molecule has 0 nitrogen and oxygen atoms in total. The van der Waals surface area contributed by atoms with E-state index in [-0.39, 0.29) is 11.1 Å². The van der Waals surface area contributed by atoms with E-state index in [2.05, 4.69) is 6.07 Å². The molecule has 147 valence electrons. The molecule has 0 amide bonds. The Hall–Kier alpha value is -1.84. The summed E-state index contributed by atoms with van der Waals surface area (Å²) >= 11 is -1.11. The predicted molar refractivity (Wildman–Crippen MR) is 81.9 cm³/mol. The van der Waals surface area contributed by atoms with Crippen molar-refractivity contribution in [2.75, 3.05) is 0 Å². The van der Waals surface area contributed by atoms with E-state index in [0.29, 0.717) is 0 Å². The second-order valence-electron chi connectivity index (χ2n) is 5.60. The Bertz CT molecular complexity index is 836. The molecule has 0 saturated carbocycles. The van der Waals surface area contributed by atoms with Crippen molar-refractivity contribution in [1.29, 1.82) is 0 Å². The van der Waals surface area contributed by atoms with Crippen LogP contribution >= 0.6 is 11.8 Å². The molecule has 0 aliphatic heterocycles. The Labute approximate surface area is 152 Å². The van der Waals surface area contributed by atoms with Crippen molar-refractivity contribution >= 4 is 11.8 Å². The lowest BCUT2D eigenvalue weighted by molar-refractivity contribution is -0.330. The Morgan fingerprint density at radius 1 is 0.852 bits per heavy atom. The van der Waals surface area contributed by atoms with Gasteiger partial charge in [0.25, 0.3) is 0 Å². The van der Waals surface area contributed by atoms with Gasteiger partial charge in [-0.05, 0) is 61.0 Å². The summed E-state index contributed by atoms with van der Waals surface area (Å²) in [5, 5.41) is -5.62. The fourth-order valence-electron chi connectivity index (χ4n) is 2.34. The molecule has 0 spiro atoms. The van der Waals surface area contributed by atoms with E-state index in [1.807, 2.05) is 0 Å². The summed E-state index contributed by atoms with van der Waals surface area (Å²) in [6, 6.07) is 5.99. The molecule has 2 rings (SSSR count). The standard InChI is InChI=1S/C17H10F9S/c1-8-6-9(2)13(14-10(18)4-3-5-11(14)19)12(7-8)27-17(25,26)15(20,21)16(22,23)24/h3-5,7H,1-2H3. The highest BCUT2D eigenvalue weighted by atomic mass is 32.2. The number of halogens is 9. The third-order valence-electron chi connectivity index (χ3n) is 3.53. The molecule has 0 fully saturated rings. The molecule has 2 aromatic carbocycles. The molecular formula is C17H10F9S. The van der Waals surface area contributed by atoms with Gasteiger partial charge in [-0.15, -0.1) is 0 Å². The number of aryl methyl sites for hydroxylation is 2. The van der Waals surface area contributed by atoms with Crippen molar-refractivity contribution in [3.63, 3.8) is 0 Å². The summed E-state index contributed by atoms with van der Waals surface area (Å²) < 4.78 is 119. The quantitative estimate of drug-likeness (QED) is 0.384. The number of rotatable bonds is 4. The molecule has 27 heavy (non-hydrogen) atoms. The van der Waals surface area contributed by atoms with Gasteiger partial charge in [0.1, 0.15) is 11.6 Å².